The molecular weight excluding hydrogens is 264 g/mol. The highest BCUT2D eigenvalue weighted by Gasteiger charge is 2.35. The molecule has 1 aliphatic rings. The molecule has 1 aliphatic heterocycles. The van der Waals surface area contributed by atoms with Crippen LogP contribution in [0.2, 0.25) is 0 Å². The third-order valence-electron chi connectivity index (χ3n) is 3.45. The largest absolute Gasteiger partial charge is 0.378 e. The summed E-state index contributed by atoms with van der Waals surface area (Å²) in [5, 5.41) is 0. The van der Waals surface area contributed by atoms with Crippen LogP contribution in [-0.4, -0.2) is 52.2 Å². The second-order valence-corrected chi connectivity index (χ2v) is 6.38. The minimum atomic E-state index is -3.48. The fourth-order valence-electron chi connectivity index (χ4n) is 2.33. The molecule has 1 fully saturated rings. The van der Waals surface area contributed by atoms with Crippen LogP contribution in [0.5, 0.6) is 0 Å². The van der Waals surface area contributed by atoms with E-state index in [4.69, 9.17) is 4.74 Å². The van der Waals surface area contributed by atoms with Gasteiger partial charge in [0.25, 0.3) is 0 Å². The molecule has 0 unspecified atom stereocenters. The topological polar surface area (TPSA) is 58.6 Å². The number of likely N-dealkylation sites (tertiary alicyclic amines) is 1. The first-order valence-corrected chi connectivity index (χ1v) is 7.87. The molecule has 0 radical (unpaired) electrons. The SMILES string of the molecule is CCN1C[C@H](NS(=O)(=O)c2ccccc2)[C@@H](OC)C1. The highest BCUT2D eigenvalue weighted by Crippen LogP contribution is 2.16. The van der Waals surface area contributed by atoms with Crippen molar-refractivity contribution in [1.82, 2.24) is 9.62 Å². The van der Waals surface area contributed by atoms with E-state index in [1.807, 2.05) is 0 Å². The number of nitrogens with one attached hydrogen (secondary N) is 1. The fraction of sp³-hybridized carbons (Fsp3) is 0.538. The number of nitrogens with zero attached hydrogens (tertiary/aromatic N) is 1. The highest BCUT2D eigenvalue weighted by molar-refractivity contribution is 7.89. The van der Waals surface area contributed by atoms with Gasteiger partial charge in [-0.05, 0) is 18.7 Å². The van der Waals surface area contributed by atoms with E-state index in [-0.39, 0.29) is 12.1 Å². The van der Waals surface area contributed by atoms with Gasteiger partial charge in [0.1, 0.15) is 0 Å². The molecule has 2 atom stereocenters. The Bertz CT molecular complexity index is 504. The van der Waals surface area contributed by atoms with Crippen LogP contribution in [0.25, 0.3) is 0 Å². The summed E-state index contributed by atoms with van der Waals surface area (Å²) in [5.74, 6) is 0. The van der Waals surface area contributed by atoms with E-state index in [1.165, 1.54) is 0 Å². The first-order chi connectivity index (χ1) is 9.06. The van der Waals surface area contributed by atoms with Crippen molar-refractivity contribution in [3.63, 3.8) is 0 Å². The minimum Gasteiger partial charge on any atom is -0.378 e. The summed E-state index contributed by atoms with van der Waals surface area (Å²) in [6.07, 6.45) is -0.0987. The van der Waals surface area contributed by atoms with Crippen LogP contribution >= 0.6 is 0 Å². The zero-order chi connectivity index (χ0) is 13.9. The molecule has 6 heteroatoms. The van der Waals surface area contributed by atoms with Crippen molar-refractivity contribution in [3.8, 4) is 0 Å². The van der Waals surface area contributed by atoms with Gasteiger partial charge in [0, 0.05) is 20.2 Å². The van der Waals surface area contributed by atoms with Crippen LogP contribution in [0.15, 0.2) is 35.2 Å². The number of ether oxygens (including phenoxy) is 1. The van der Waals surface area contributed by atoms with Gasteiger partial charge in [0.05, 0.1) is 17.0 Å². The van der Waals surface area contributed by atoms with Crippen molar-refractivity contribution in [2.75, 3.05) is 26.7 Å². The van der Waals surface area contributed by atoms with Gasteiger partial charge in [-0.2, -0.15) is 0 Å². The molecule has 1 heterocycles. The molecule has 0 aromatic heterocycles. The number of benzene rings is 1. The predicted octanol–water partition coefficient (Wildman–Crippen LogP) is 0.684. The van der Waals surface area contributed by atoms with Gasteiger partial charge >= 0.3 is 0 Å². The smallest absolute Gasteiger partial charge is 0.240 e. The summed E-state index contributed by atoms with van der Waals surface area (Å²) in [6, 6.07) is 8.22. The van der Waals surface area contributed by atoms with Crippen LogP contribution in [0.4, 0.5) is 0 Å². The average molecular weight is 284 g/mol. The third kappa shape index (κ3) is 3.33. The maximum absolute atomic E-state index is 12.3. The third-order valence-corrected chi connectivity index (χ3v) is 4.96. The molecule has 1 aromatic carbocycles. The van der Waals surface area contributed by atoms with Crippen LogP contribution in [-0.2, 0) is 14.8 Å². The standard InChI is InChI=1S/C13H20N2O3S/c1-3-15-9-12(13(10-15)18-2)14-19(16,17)11-7-5-4-6-8-11/h4-8,12-14H,3,9-10H2,1-2H3/t12-,13-/m0/s1. The first-order valence-electron chi connectivity index (χ1n) is 6.39. The molecule has 1 saturated heterocycles. The van der Waals surface area contributed by atoms with Crippen LogP contribution in [0.3, 0.4) is 0 Å². The van der Waals surface area contributed by atoms with Crippen molar-refractivity contribution >= 4 is 10.0 Å². The summed E-state index contributed by atoms with van der Waals surface area (Å²) in [7, 11) is -1.86. The van der Waals surface area contributed by atoms with Crippen LogP contribution < -0.4 is 4.72 Å². The van der Waals surface area contributed by atoms with E-state index in [9.17, 15) is 8.42 Å². The molecule has 0 spiro atoms. The van der Waals surface area contributed by atoms with Gasteiger partial charge in [-0.15, -0.1) is 0 Å². The zero-order valence-electron chi connectivity index (χ0n) is 11.2. The minimum absolute atomic E-state index is 0.0987. The monoisotopic (exact) mass is 284 g/mol. The molecule has 0 aliphatic carbocycles. The second-order valence-electron chi connectivity index (χ2n) is 4.67. The van der Waals surface area contributed by atoms with Crippen molar-refractivity contribution in [2.24, 2.45) is 0 Å². The Morgan fingerprint density at radius 2 is 2.00 bits per heavy atom. The lowest BCUT2D eigenvalue weighted by Gasteiger charge is -2.18. The molecule has 0 amide bonds. The lowest BCUT2D eigenvalue weighted by Crippen LogP contribution is -2.43. The molecule has 19 heavy (non-hydrogen) atoms. The predicted molar refractivity (Wildman–Crippen MR) is 73.5 cm³/mol. The van der Waals surface area contributed by atoms with Gasteiger partial charge < -0.3 is 4.74 Å². The van der Waals surface area contributed by atoms with E-state index < -0.39 is 10.0 Å². The van der Waals surface area contributed by atoms with Crippen LogP contribution in [0.1, 0.15) is 6.92 Å². The van der Waals surface area contributed by atoms with E-state index >= 15 is 0 Å². The molecule has 0 bridgehead atoms. The Kier molecular flexibility index (Phi) is 4.57. The number of hydrogen-bond acceptors (Lipinski definition) is 4. The summed E-state index contributed by atoms with van der Waals surface area (Å²) in [4.78, 5) is 2.46. The van der Waals surface area contributed by atoms with Crippen LogP contribution in [0, 0.1) is 0 Å². The Balaban J connectivity index is 2.12. The number of likely N-dealkylation sites (N-methyl/N-ethyl adjacent to an activating group) is 1. The lowest BCUT2D eigenvalue weighted by atomic mass is 10.2. The Hall–Kier alpha value is -0.950. The van der Waals surface area contributed by atoms with E-state index in [0.717, 1.165) is 13.1 Å². The number of rotatable bonds is 5. The zero-order valence-corrected chi connectivity index (χ0v) is 12.1. The number of hydrogen-bond donors (Lipinski definition) is 1. The summed E-state index contributed by atoms with van der Waals surface area (Å²) in [6.45, 7) is 4.39. The molecule has 2 rings (SSSR count). The van der Waals surface area contributed by atoms with E-state index in [0.29, 0.717) is 11.4 Å². The summed E-state index contributed by atoms with van der Waals surface area (Å²) < 4.78 is 32.6. The van der Waals surface area contributed by atoms with Crippen molar-refractivity contribution in [3.05, 3.63) is 30.3 Å². The van der Waals surface area contributed by atoms with Crippen molar-refractivity contribution in [2.45, 2.75) is 24.0 Å². The highest BCUT2D eigenvalue weighted by atomic mass is 32.2. The Morgan fingerprint density at radius 1 is 1.32 bits per heavy atom. The molecular formula is C13H20N2O3S. The van der Waals surface area contributed by atoms with Gasteiger partial charge in [-0.25, -0.2) is 13.1 Å². The maximum atomic E-state index is 12.3. The van der Waals surface area contributed by atoms with Gasteiger partial charge in [-0.1, -0.05) is 25.1 Å². The number of sulfonamides is 1. The van der Waals surface area contributed by atoms with Gasteiger partial charge in [0.2, 0.25) is 10.0 Å². The first kappa shape index (κ1) is 14.5. The molecule has 5 nitrogen and oxygen atoms in total. The average Bonchev–Trinajstić information content (AvgIpc) is 2.81. The van der Waals surface area contributed by atoms with Crippen molar-refractivity contribution < 1.29 is 13.2 Å². The molecule has 106 valence electrons. The van der Waals surface area contributed by atoms with Gasteiger partial charge in [0.15, 0.2) is 0 Å². The summed E-state index contributed by atoms with van der Waals surface area (Å²) >= 11 is 0. The normalized spacial score (nSPS) is 24.7. The maximum Gasteiger partial charge on any atom is 0.240 e. The van der Waals surface area contributed by atoms with Gasteiger partial charge in [-0.3, -0.25) is 4.90 Å². The fourth-order valence-corrected chi connectivity index (χ4v) is 3.61. The molecule has 1 N–H and O–H groups in total. The molecule has 1 aromatic rings. The lowest BCUT2D eigenvalue weighted by molar-refractivity contribution is 0.0954. The quantitative estimate of drug-likeness (QED) is 0.864. The summed E-state index contributed by atoms with van der Waals surface area (Å²) in [5.41, 5.74) is 0. The van der Waals surface area contributed by atoms with E-state index in [1.54, 1.807) is 37.4 Å². The number of methoxy groups -OCH3 is 1. The van der Waals surface area contributed by atoms with Crippen molar-refractivity contribution in [1.29, 1.82) is 0 Å². The second kappa shape index (κ2) is 6.00. The Labute approximate surface area is 114 Å². The molecule has 0 saturated carbocycles. The van der Waals surface area contributed by atoms with E-state index in [2.05, 4.69) is 16.5 Å². The Morgan fingerprint density at radius 3 is 2.58 bits per heavy atom.